The number of aromatic nitrogens is 2. The number of hydrogen-bond acceptors (Lipinski definition) is 4. The van der Waals surface area contributed by atoms with E-state index < -0.39 is 0 Å². The van der Waals surface area contributed by atoms with Crippen LogP contribution >= 0.6 is 34.5 Å². The van der Waals surface area contributed by atoms with E-state index in [1.54, 1.807) is 17.4 Å². The molecule has 2 rings (SSSR count). The van der Waals surface area contributed by atoms with Crippen LogP contribution in [-0.4, -0.2) is 10.2 Å². The molecule has 0 bridgehead atoms. The van der Waals surface area contributed by atoms with Crippen LogP contribution in [0.15, 0.2) is 18.2 Å². The van der Waals surface area contributed by atoms with E-state index in [-0.39, 0.29) is 0 Å². The minimum atomic E-state index is 0.589. The Hall–Kier alpha value is -0.840. The number of anilines is 1. The van der Waals surface area contributed by atoms with Crippen LogP contribution in [0.4, 0.5) is 5.13 Å². The lowest BCUT2D eigenvalue weighted by Gasteiger charge is -2.05. The van der Waals surface area contributed by atoms with Crippen LogP contribution in [0.2, 0.25) is 10.0 Å². The second kappa shape index (κ2) is 6.55. The highest BCUT2D eigenvalue weighted by molar-refractivity contribution is 7.15. The van der Waals surface area contributed by atoms with Crippen molar-refractivity contribution < 1.29 is 0 Å². The average Bonchev–Trinajstić information content (AvgIpc) is 2.74. The number of rotatable bonds is 5. The molecule has 1 aromatic carbocycles. The summed E-state index contributed by atoms with van der Waals surface area (Å²) in [6.45, 7) is 4.95. The van der Waals surface area contributed by atoms with Crippen molar-refractivity contribution in [3.8, 4) is 0 Å². The van der Waals surface area contributed by atoms with E-state index in [9.17, 15) is 0 Å². The molecule has 0 amide bonds. The summed E-state index contributed by atoms with van der Waals surface area (Å²) in [6.07, 6.45) is 0.959. The zero-order valence-corrected chi connectivity index (χ0v) is 13.1. The lowest BCUT2D eigenvalue weighted by atomic mass is 10.1. The van der Waals surface area contributed by atoms with E-state index >= 15 is 0 Å². The van der Waals surface area contributed by atoms with Gasteiger partial charge in [-0.1, -0.05) is 54.5 Å². The Morgan fingerprint density at radius 3 is 2.74 bits per heavy atom. The van der Waals surface area contributed by atoms with E-state index in [1.807, 2.05) is 12.1 Å². The molecule has 0 spiro atoms. The summed E-state index contributed by atoms with van der Waals surface area (Å²) in [6, 6.07) is 5.48. The number of nitrogens with zero attached hydrogens (tertiary/aromatic N) is 2. The molecule has 0 saturated heterocycles. The minimum Gasteiger partial charge on any atom is -0.356 e. The van der Waals surface area contributed by atoms with Gasteiger partial charge in [-0.05, 0) is 23.6 Å². The first kappa shape index (κ1) is 14.6. The first-order valence-corrected chi connectivity index (χ1v) is 7.62. The quantitative estimate of drug-likeness (QED) is 0.872. The summed E-state index contributed by atoms with van der Waals surface area (Å²) in [5, 5.41) is 14.7. The van der Waals surface area contributed by atoms with Gasteiger partial charge < -0.3 is 5.32 Å². The fraction of sp³-hybridized carbons (Fsp3) is 0.385. The maximum Gasteiger partial charge on any atom is 0.205 e. The van der Waals surface area contributed by atoms with Crippen molar-refractivity contribution in [3.05, 3.63) is 38.8 Å². The third kappa shape index (κ3) is 4.34. The van der Waals surface area contributed by atoms with Crippen molar-refractivity contribution >= 4 is 39.7 Å². The van der Waals surface area contributed by atoms with Gasteiger partial charge in [-0.2, -0.15) is 0 Å². The molecule has 102 valence electrons. The highest BCUT2D eigenvalue weighted by Crippen LogP contribution is 2.23. The Bertz CT molecular complexity index is 555. The SMILES string of the molecule is CC(C)Cc1nnc(NCc2ccc(Cl)cc2Cl)s1. The van der Waals surface area contributed by atoms with E-state index in [1.165, 1.54) is 0 Å². The zero-order valence-electron chi connectivity index (χ0n) is 10.8. The van der Waals surface area contributed by atoms with Gasteiger partial charge in [-0.15, -0.1) is 10.2 Å². The highest BCUT2D eigenvalue weighted by Gasteiger charge is 2.07. The fourth-order valence-corrected chi connectivity index (χ4v) is 3.02. The first-order valence-electron chi connectivity index (χ1n) is 6.05. The molecule has 1 aromatic heterocycles. The molecule has 0 aliphatic heterocycles. The van der Waals surface area contributed by atoms with Crippen LogP contribution in [0.3, 0.4) is 0 Å². The van der Waals surface area contributed by atoms with Gasteiger partial charge >= 0.3 is 0 Å². The second-order valence-corrected chi connectivity index (χ2v) is 6.59. The summed E-state index contributed by atoms with van der Waals surface area (Å²) in [7, 11) is 0. The summed E-state index contributed by atoms with van der Waals surface area (Å²) in [5.41, 5.74) is 0.992. The topological polar surface area (TPSA) is 37.8 Å². The maximum absolute atomic E-state index is 6.11. The molecule has 1 N–H and O–H groups in total. The number of nitrogens with one attached hydrogen (secondary N) is 1. The van der Waals surface area contributed by atoms with Crippen LogP contribution in [0.1, 0.15) is 24.4 Å². The predicted octanol–water partition coefficient (Wildman–Crippen LogP) is 4.66. The maximum atomic E-state index is 6.11. The van der Waals surface area contributed by atoms with Crippen LogP contribution in [-0.2, 0) is 13.0 Å². The molecular formula is C13H15Cl2N3S. The molecule has 0 saturated carbocycles. The smallest absolute Gasteiger partial charge is 0.205 e. The molecule has 0 atom stereocenters. The predicted molar refractivity (Wildman–Crippen MR) is 82.2 cm³/mol. The van der Waals surface area contributed by atoms with E-state index in [0.29, 0.717) is 22.5 Å². The molecule has 2 aromatic rings. The van der Waals surface area contributed by atoms with Crippen molar-refractivity contribution in [1.82, 2.24) is 10.2 Å². The van der Waals surface area contributed by atoms with E-state index in [2.05, 4.69) is 29.4 Å². The van der Waals surface area contributed by atoms with Gasteiger partial charge in [0.2, 0.25) is 5.13 Å². The Labute approximate surface area is 127 Å². The average molecular weight is 316 g/mol. The van der Waals surface area contributed by atoms with Crippen molar-refractivity contribution in [2.45, 2.75) is 26.8 Å². The Kier molecular flexibility index (Phi) is 5.02. The van der Waals surface area contributed by atoms with E-state index in [0.717, 1.165) is 22.1 Å². The van der Waals surface area contributed by atoms with Crippen molar-refractivity contribution in [2.75, 3.05) is 5.32 Å². The van der Waals surface area contributed by atoms with Crippen LogP contribution in [0, 0.1) is 5.92 Å². The molecule has 0 fully saturated rings. The van der Waals surface area contributed by atoms with Gasteiger partial charge in [0.15, 0.2) is 0 Å². The molecule has 0 aliphatic rings. The molecule has 1 heterocycles. The third-order valence-corrected chi connectivity index (χ3v) is 3.99. The number of benzene rings is 1. The van der Waals surface area contributed by atoms with Crippen molar-refractivity contribution in [1.29, 1.82) is 0 Å². The van der Waals surface area contributed by atoms with Crippen LogP contribution in [0.25, 0.3) is 0 Å². The summed E-state index contributed by atoms with van der Waals surface area (Å²) >= 11 is 13.6. The molecule has 0 unspecified atom stereocenters. The monoisotopic (exact) mass is 315 g/mol. The van der Waals surface area contributed by atoms with Crippen LogP contribution < -0.4 is 5.32 Å². The van der Waals surface area contributed by atoms with Crippen LogP contribution in [0.5, 0.6) is 0 Å². The van der Waals surface area contributed by atoms with Gasteiger partial charge in [0, 0.05) is 23.0 Å². The van der Waals surface area contributed by atoms with Gasteiger partial charge in [0.1, 0.15) is 5.01 Å². The Morgan fingerprint density at radius 1 is 1.26 bits per heavy atom. The molecule has 0 aliphatic carbocycles. The van der Waals surface area contributed by atoms with E-state index in [4.69, 9.17) is 23.2 Å². The van der Waals surface area contributed by atoms with Gasteiger partial charge in [0.05, 0.1) is 0 Å². The molecule has 19 heavy (non-hydrogen) atoms. The number of halogens is 2. The highest BCUT2D eigenvalue weighted by atomic mass is 35.5. The molecular weight excluding hydrogens is 301 g/mol. The molecule has 6 heteroatoms. The second-order valence-electron chi connectivity index (χ2n) is 4.69. The lowest BCUT2D eigenvalue weighted by molar-refractivity contribution is 0.640. The van der Waals surface area contributed by atoms with Gasteiger partial charge in [-0.25, -0.2) is 0 Å². The summed E-state index contributed by atoms with van der Waals surface area (Å²) < 4.78 is 0. The van der Waals surface area contributed by atoms with Crippen molar-refractivity contribution in [2.24, 2.45) is 5.92 Å². The number of hydrogen-bond donors (Lipinski definition) is 1. The lowest BCUT2D eigenvalue weighted by Crippen LogP contribution is -1.99. The van der Waals surface area contributed by atoms with Gasteiger partial charge in [-0.3, -0.25) is 0 Å². The normalized spacial score (nSPS) is 11.0. The third-order valence-electron chi connectivity index (χ3n) is 2.49. The first-order chi connectivity index (χ1) is 9.04. The molecule has 3 nitrogen and oxygen atoms in total. The Morgan fingerprint density at radius 2 is 2.05 bits per heavy atom. The summed E-state index contributed by atoms with van der Waals surface area (Å²) in [5.74, 6) is 0.589. The van der Waals surface area contributed by atoms with Gasteiger partial charge in [0.25, 0.3) is 0 Å². The minimum absolute atomic E-state index is 0.589. The van der Waals surface area contributed by atoms with Crippen molar-refractivity contribution in [3.63, 3.8) is 0 Å². The largest absolute Gasteiger partial charge is 0.356 e. The Balaban J connectivity index is 1.96. The fourth-order valence-electron chi connectivity index (χ4n) is 1.59. The zero-order chi connectivity index (χ0) is 13.8. The summed E-state index contributed by atoms with van der Waals surface area (Å²) in [4.78, 5) is 0. The standard InChI is InChI=1S/C13H15Cl2N3S/c1-8(2)5-12-17-18-13(19-12)16-7-9-3-4-10(14)6-11(9)15/h3-4,6,8H,5,7H2,1-2H3,(H,16,18). The molecule has 0 radical (unpaired) electrons.